The fraction of sp³-hybridized carbons (Fsp3) is 0.647. The van der Waals surface area contributed by atoms with Crippen LogP contribution in [0.15, 0.2) is 30.3 Å². The van der Waals surface area contributed by atoms with Crippen LogP contribution in [0.5, 0.6) is 0 Å². The third-order valence-electron chi connectivity index (χ3n) is 4.52. The number of aliphatic hydroxyl groups is 1. The summed E-state index contributed by atoms with van der Waals surface area (Å²) in [6.45, 7) is 4.77. The van der Waals surface area contributed by atoms with Crippen molar-refractivity contribution in [1.29, 1.82) is 0 Å². The molecule has 20 heavy (non-hydrogen) atoms. The highest BCUT2D eigenvalue weighted by molar-refractivity contribution is 5.19. The molecule has 3 nitrogen and oxygen atoms in total. The monoisotopic (exact) mass is 276 g/mol. The molecule has 0 bridgehead atoms. The molecule has 0 amide bonds. The quantitative estimate of drug-likeness (QED) is 0.837. The van der Waals surface area contributed by atoms with Gasteiger partial charge in [0.05, 0.1) is 6.61 Å². The van der Waals surface area contributed by atoms with E-state index < -0.39 is 0 Å². The standard InChI is InChI=1S/C17H28N2O/c1-14(12-19-11-7-6-10-16(19)13-20)17(18-2)15-8-4-3-5-9-15/h3-5,8-9,14,16-18,20H,6-7,10-13H2,1-2H3. The van der Waals surface area contributed by atoms with Crippen LogP contribution in [0.25, 0.3) is 0 Å². The Labute approximate surface area is 123 Å². The lowest BCUT2D eigenvalue weighted by atomic mass is 9.92. The number of piperidine rings is 1. The van der Waals surface area contributed by atoms with Crippen molar-refractivity contribution >= 4 is 0 Å². The molecule has 0 aromatic heterocycles. The fourth-order valence-corrected chi connectivity index (χ4v) is 3.42. The third-order valence-corrected chi connectivity index (χ3v) is 4.52. The van der Waals surface area contributed by atoms with E-state index >= 15 is 0 Å². The molecule has 0 spiro atoms. The molecule has 1 saturated heterocycles. The van der Waals surface area contributed by atoms with Crippen molar-refractivity contribution in [1.82, 2.24) is 10.2 Å². The van der Waals surface area contributed by atoms with Gasteiger partial charge in [-0.2, -0.15) is 0 Å². The van der Waals surface area contributed by atoms with Gasteiger partial charge in [-0.3, -0.25) is 4.90 Å². The summed E-state index contributed by atoms with van der Waals surface area (Å²) in [5.41, 5.74) is 1.35. The van der Waals surface area contributed by atoms with Crippen molar-refractivity contribution in [3.05, 3.63) is 35.9 Å². The molecule has 1 aliphatic heterocycles. The fourth-order valence-electron chi connectivity index (χ4n) is 3.42. The highest BCUT2D eigenvalue weighted by atomic mass is 16.3. The number of hydrogen-bond donors (Lipinski definition) is 2. The van der Waals surface area contributed by atoms with Crippen LogP contribution >= 0.6 is 0 Å². The number of nitrogens with zero attached hydrogens (tertiary/aromatic N) is 1. The predicted octanol–water partition coefficient (Wildman–Crippen LogP) is 2.43. The molecule has 0 radical (unpaired) electrons. The molecular formula is C17H28N2O. The van der Waals surface area contributed by atoms with E-state index in [-0.39, 0.29) is 0 Å². The van der Waals surface area contributed by atoms with Crippen LogP contribution in [0.3, 0.4) is 0 Å². The van der Waals surface area contributed by atoms with E-state index in [0.29, 0.717) is 24.6 Å². The number of hydrogen-bond acceptors (Lipinski definition) is 3. The van der Waals surface area contributed by atoms with E-state index in [1.807, 2.05) is 7.05 Å². The van der Waals surface area contributed by atoms with Gasteiger partial charge in [-0.1, -0.05) is 43.7 Å². The van der Waals surface area contributed by atoms with Crippen molar-refractivity contribution < 1.29 is 5.11 Å². The van der Waals surface area contributed by atoms with E-state index in [2.05, 4.69) is 47.5 Å². The summed E-state index contributed by atoms with van der Waals surface area (Å²) in [6, 6.07) is 11.4. The van der Waals surface area contributed by atoms with Crippen molar-refractivity contribution in [3.8, 4) is 0 Å². The van der Waals surface area contributed by atoms with E-state index in [1.165, 1.54) is 18.4 Å². The highest BCUT2D eigenvalue weighted by Gasteiger charge is 2.26. The van der Waals surface area contributed by atoms with E-state index in [9.17, 15) is 5.11 Å². The normalized spacial score (nSPS) is 23.4. The summed E-state index contributed by atoms with van der Waals surface area (Å²) < 4.78 is 0. The van der Waals surface area contributed by atoms with Crippen LogP contribution < -0.4 is 5.32 Å². The lowest BCUT2D eigenvalue weighted by Crippen LogP contribution is -2.45. The topological polar surface area (TPSA) is 35.5 Å². The van der Waals surface area contributed by atoms with Crippen molar-refractivity contribution in [2.75, 3.05) is 26.7 Å². The number of nitrogens with one attached hydrogen (secondary N) is 1. The zero-order valence-corrected chi connectivity index (χ0v) is 12.8. The minimum absolute atomic E-state index is 0.294. The maximum absolute atomic E-state index is 9.53. The maximum Gasteiger partial charge on any atom is 0.0586 e. The first kappa shape index (κ1) is 15.5. The average Bonchev–Trinajstić information content (AvgIpc) is 2.49. The second kappa shape index (κ2) is 7.77. The summed E-state index contributed by atoms with van der Waals surface area (Å²) in [6.07, 6.45) is 3.65. The van der Waals surface area contributed by atoms with E-state index in [0.717, 1.165) is 19.5 Å². The molecule has 0 saturated carbocycles. The van der Waals surface area contributed by atoms with E-state index in [4.69, 9.17) is 0 Å². The Morgan fingerprint density at radius 2 is 2.05 bits per heavy atom. The first-order valence-electron chi connectivity index (χ1n) is 7.83. The van der Waals surface area contributed by atoms with Crippen LogP contribution in [-0.2, 0) is 0 Å². The van der Waals surface area contributed by atoms with Crippen LogP contribution in [0.4, 0.5) is 0 Å². The summed E-state index contributed by atoms with van der Waals surface area (Å²) >= 11 is 0. The largest absolute Gasteiger partial charge is 0.395 e. The molecule has 0 aliphatic carbocycles. The predicted molar refractivity (Wildman–Crippen MR) is 83.7 cm³/mol. The molecule has 1 aromatic rings. The van der Waals surface area contributed by atoms with Gasteiger partial charge >= 0.3 is 0 Å². The first-order valence-corrected chi connectivity index (χ1v) is 7.83. The zero-order valence-electron chi connectivity index (χ0n) is 12.8. The van der Waals surface area contributed by atoms with Crippen LogP contribution in [0.1, 0.15) is 37.8 Å². The Morgan fingerprint density at radius 1 is 1.30 bits per heavy atom. The van der Waals surface area contributed by atoms with Gasteiger partial charge < -0.3 is 10.4 Å². The molecule has 3 unspecified atom stereocenters. The molecule has 2 N–H and O–H groups in total. The number of likely N-dealkylation sites (tertiary alicyclic amines) is 1. The van der Waals surface area contributed by atoms with Gasteiger partial charge in [0.25, 0.3) is 0 Å². The zero-order chi connectivity index (χ0) is 14.4. The Kier molecular flexibility index (Phi) is 6.02. The van der Waals surface area contributed by atoms with Crippen molar-refractivity contribution in [3.63, 3.8) is 0 Å². The summed E-state index contributed by atoms with van der Waals surface area (Å²) in [7, 11) is 2.04. The van der Waals surface area contributed by atoms with Crippen molar-refractivity contribution in [2.24, 2.45) is 5.92 Å². The molecular weight excluding hydrogens is 248 g/mol. The lowest BCUT2D eigenvalue weighted by Gasteiger charge is -2.38. The summed E-state index contributed by atoms with van der Waals surface area (Å²) in [5.74, 6) is 0.523. The van der Waals surface area contributed by atoms with E-state index in [1.54, 1.807) is 0 Å². The van der Waals surface area contributed by atoms with Gasteiger partial charge in [-0.05, 0) is 37.9 Å². The minimum Gasteiger partial charge on any atom is -0.395 e. The smallest absolute Gasteiger partial charge is 0.0586 e. The van der Waals surface area contributed by atoms with Gasteiger partial charge in [-0.15, -0.1) is 0 Å². The molecule has 1 aliphatic rings. The first-order chi connectivity index (χ1) is 9.76. The van der Waals surface area contributed by atoms with Crippen LogP contribution in [0.2, 0.25) is 0 Å². The third kappa shape index (κ3) is 3.81. The molecule has 2 rings (SSSR count). The summed E-state index contributed by atoms with van der Waals surface area (Å²) in [5, 5.41) is 13.0. The molecule has 1 heterocycles. The van der Waals surface area contributed by atoms with Gasteiger partial charge in [0.2, 0.25) is 0 Å². The number of aliphatic hydroxyl groups excluding tert-OH is 1. The molecule has 112 valence electrons. The molecule has 3 heteroatoms. The second-order valence-electron chi connectivity index (χ2n) is 5.98. The minimum atomic E-state index is 0.294. The lowest BCUT2D eigenvalue weighted by molar-refractivity contribution is 0.0727. The maximum atomic E-state index is 9.53. The van der Waals surface area contributed by atoms with Gasteiger partial charge in [0.15, 0.2) is 0 Å². The number of rotatable bonds is 6. The second-order valence-corrected chi connectivity index (χ2v) is 5.98. The van der Waals surface area contributed by atoms with Crippen LogP contribution in [-0.4, -0.2) is 42.8 Å². The van der Waals surface area contributed by atoms with Gasteiger partial charge in [0.1, 0.15) is 0 Å². The Morgan fingerprint density at radius 3 is 2.70 bits per heavy atom. The summed E-state index contributed by atoms with van der Waals surface area (Å²) in [4.78, 5) is 2.47. The number of benzene rings is 1. The van der Waals surface area contributed by atoms with Gasteiger partial charge in [0, 0.05) is 18.6 Å². The molecule has 1 aromatic carbocycles. The Bertz CT molecular complexity index is 382. The molecule has 1 fully saturated rings. The van der Waals surface area contributed by atoms with Crippen LogP contribution in [0, 0.1) is 5.92 Å². The SMILES string of the molecule is CNC(c1ccccc1)C(C)CN1CCCCC1CO. The van der Waals surface area contributed by atoms with Crippen molar-refractivity contribution in [2.45, 2.75) is 38.3 Å². The highest BCUT2D eigenvalue weighted by Crippen LogP contribution is 2.25. The molecule has 3 atom stereocenters. The Balaban J connectivity index is 2.00. The average molecular weight is 276 g/mol. The Hall–Kier alpha value is -0.900. The van der Waals surface area contributed by atoms with Gasteiger partial charge in [-0.25, -0.2) is 0 Å².